The highest BCUT2D eigenvalue weighted by atomic mass is 16.7. The van der Waals surface area contributed by atoms with Crippen molar-refractivity contribution < 1.29 is 28.5 Å². The van der Waals surface area contributed by atoms with Gasteiger partial charge in [-0.15, -0.1) is 0 Å². The number of benzene rings is 1. The van der Waals surface area contributed by atoms with Crippen LogP contribution in [0.5, 0.6) is 17.5 Å². The van der Waals surface area contributed by atoms with Crippen molar-refractivity contribution in [2.24, 2.45) is 0 Å². The number of nitrogens with two attached hydrogens (primary N) is 1. The number of carbonyl (C=O) groups is 1. The molecule has 0 saturated carbocycles. The summed E-state index contributed by atoms with van der Waals surface area (Å²) in [5.41, 5.74) is 5.76. The van der Waals surface area contributed by atoms with E-state index in [1.165, 1.54) is 18.8 Å². The molecule has 2 heterocycles. The van der Waals surface area contributed by atoms with Crippen LogP contribution in [0, 0.1) is 0 Å². The zero-order valence-electron chi connectivity index (χ0n) is 15.1. The Hall–Kier alpha value is -2.94. The monoisotopic (exact) mass is 363 g/mol. The standard InChI is InChI=1S/C17H21N3O6/c1-17(2,8-22-3)26-15(21)13-14(18)19-16(23-4)20(13)10-5-6-11-12(7-10)25-9-24-11/h5-7H,8-9,18H2,1-4H3. The SMILES string of the molecule is COCC(C)(C)OC(=O)c1c(N)nc(OC)n1-c1ccc2c(c1)OCO2. The van der Waals surface area contributed by atoms with Gasteiger partial charge in [0.25, 0.3) is 0 Å². The van der Waals surface area contributed by atoms with Crippen LogP contribution in [-0.4, -0.2) is 48.7 Å². The molecule has 0 saturated heterocycles. The van der Waals surface area contributed by atoms with Gasteiger partial charge in [0.2, 0.25) is 6.79 Å². The Labute approximate surface area is 150 Å². The molecule has 1 aliphatic rings. The van der Waals surface area contributed by atoms with Crippen molar-refractivity contribution in [3.05, 3.63) is 23.9 Å². The summed E-state index contributed by atoms with van der Waals surface area (Å²) in [6.07, 6.45) is 0. The fourth-order valence-electron chi connectivity index (χ4n) is 2.69. The molecule has 2 aromatic rings. The van der Waals surface area contributed by atoms with Crippen LogP contribution in [0.3, 0.4) is 0 Å². The van der Waals surface area contributed by atoms with E-state index in [1.807, 2.05) is 0 Å². The minimum absolute atomic E-state index is 0.00210. The van der Waals surface area contributed by atoms with E-state index in [0.29, 0.717) is 17.2 Å². The van der Waals surface area contributed by atoms with Gasteiger partial charge in [0, 0.05) is 13.2 Å². The third kappa shape index (κ3) is 3.25. The Balaban J connectivity index is 2.04. The minimum atomic E-state index is -0.838. The lowest BCUT2D eigenvalue weighted by atomic mass is 10.1. The first-order chi connectivity index (χ1) is 12.4. The zero-order chi connectivity index (χ0) is 18.9. The van der Waals surface area contributed by atoms with Gasteiger partial charge in [-0.2, -0.15) is 4.98 Å². The number of ether oxygens (including phenoxy) is 5. The summed E-state index contributed by atoms with van der Waals surface area (Å²) in [5, 5.41) is 0. The van der Waals surface area contributed by atoms with Gasteiger partial charge in [0.15, 0.2) is 23.0 Å². The number of methoxy groups -OCH3 is 2. The molecule has 140 valence electrons. The number of hydrogen-bond donors (Lipinski definition) is 1. The Bertz CT molecular complexity index is 830. The average molecular weight is 363 g/mol. The Morgan fingerprint density at radius 3 is 2.73 bits per heavy atom. The topological polar surface area (TPSA) is 107 Å². The van der Waals surface area contributed by atoms with Crippen LogP contribution in [0.15, 0.2) is 18.2 Å². The lowest BCUT2D eigenvalue weighted by Gasteiger charge is -2.24. The molecule has 0 atom stereocenters. The van der Waals surface area contributed by atoms with Gasteiger partial charge >= 0.3 is 12.0 Å². The molecule has 3 rings (SSSR count). The first-order valence-corrected chi connectivity index (χ1v) is 7.91. The third-order valence-electron chi connectivity index (χ3n) is 3.72. The maximum Gasteiger partial charge on any atom is 0.359 e. The fraction of sp³-hybridized carbons (Fsp3) is 0.412. The molecule has 1 aromatic heterocycles. The maximum atomic E-state index is 12.8. The molecule has 0 fully saturated rings. The third-order valence-corrected chi connectivity index (χ3v) is 3.72. The van der Waals surface area contributed by atoms with E-state index in [0.717, 1.165) is 0 Å². The summed E-state index contributed by atoms with van der Waals surface area (Å²) < 4.78 is 28.1. The molecule has 9 nitrogen and oxygen atoms in total. The van der Waals surface area contributed by atoms with Gasteiger partial charge < -0.3 is 29.4 Å². The maximum absolute atomic E-state index is 12.8. The molecule has 26 heavy (non-hydrogen) atoms. The number of fused-ring (bicyclic) bond motifs is 1. The summed E-state index contributed by atoms with van der Waals surface area (Å²) in [6, 6.07) is 5.34. The number of nitrogens with zero attached hydrogens (tertiary/aromatic N) is 2. The summed E-state index contributed by atoms with van der Waals surface area (Å²) >= 11 is 0. The lowest BCUT2D eigenvalue weighted by molar-refractivity contribution is -0.0370. The lowest BCUT2D eigenvalue weighted by Crippen LogP contribution is -2.33. The second-order valence-corrected chi connectivity index (χ2v) is 6.29. The number of rotatable bonds is 6. The van der Waals surface area contributed by atoms with E-state index in [2.05, 4.69) is 4.98 Å². The van der Waals surface area contributed by atoms with Crippen LogP contribution >= 0.6 is 0 Å². The first kappa shape index (κ1) is 17.9. The number of carbonyl (C=O) groups excluding carboxylic acids is 1. The molecule has 9 heteroatoms. The highest BCUT2D eigenvalue weighted by Crippen LogP contribution is 2.36. The Morgan fingerprint density at radius 2 is 2.04 bits per heavy atom. The van der Waals surface area contributed by atoms with Gasteiger partial charge in [-0.05, 0) is 26.0 Å². The quantitative estimate of drug-likeness (QED) is 0.774. The van der Waals surface area contributed by atoms with Crippen molar-refractivity contribution in [1.29, 1.82) is 0 Å². The zero-order valence-corrected chi connectivity index (χ0v) is 15.1. The molecule has 1 aromatic carbocycles. The molecule has 0 unspecified atom stereocenters. The van der Waals surface area contributed by atoms with Crippen LogP contribution < -0.4 is 19.9 Å². The van der Waals surface area contributed by atoms with Crippen LogP contribution in [0.2, 0.25) is 0 Å². The number of nitrogen functional groups attached to an aromatic ring is 1. The Kier molecular flexibility index (Phi) is 4.64. The van der Waals surface area contributed by atoms with Crippen molar-refractivity contribution in [3.63, 3.8) is 0 Å². The normalized spacial score (nSPS) is 12.9. The molecule has 0 spiro atoms. The van der Waals surface area contributed by atoms with Crippen molar-refractivity contribution in [3.8, 4) is 23.2 Å². The highest BCUT2D eigenvalue weighted by Gasteiger charge is 2.30. The van der Waals surface area contributed by atoms with Crippen molar-refractivity contribution in [2.45, 2.75) is 19.4 Å². The molecule has 0 bridgehead atoms. The van der Waals surface area contributed by atoms with Crippen LogP contribution in [0.25, 0.3) is 5.69 Å². The molecule has 1 aliphatic heterocycles. The minimum Gasteiger partial charge on any atom is -0.468 e. The molecular formula is C17H21N3O6. The summed E-state index contributed by atoms with van der Waals surface area (Å²) in [6.45, 7) is 3.85. The molecule has 2 N–H and O–H groups in total. The smallest absolute Gasteiger partial charge is 0.359 e. The van der Waals surface area contributed by atoms with Gasteiger partial charge in [0.05, 0.1) is 19.4 Å². The predicted octanol–water partition coefficient (Wildman–Crippen LogP) is 1.77. The largest absolute Gasteiger partial charge is 0.468 e. The number of hydrogen-bond acceptors (Lipinski definition) is 8. The number of aromatic nitrogens is 2. The van der Waals surface area contributed by atoms with E-state index in [1.54, 1.807) is 32.0 Å². The molecule has 0 aliphatic carbocycles. The van der Waals surface area contributed by atoms with Gasteiger partial charge in [-0.3, -0.25) is 4.57 Å². The van der Waals surface area contributed by atoms with E-state index < -0.39 is 11.6 Å². The first-order valence-electron chi connectivity index (χ1n) is 7.91. The van der Waals surface area contributed by atoms with Crippen LogP contribution in [-0.2, 0) is 9.47 Å². The van der Waals surface area contributed by atoms with Crippen molar-refractivity contribution in [2.75, 3.05) is 33.4 Å². The van der Waals surface area contributed by atoms with Gasteiger partial charge in [-0.1, -0.05) is 0 Å². The van der Waals surface area contributed by atoms with Crippen LogP contribution in [0.4, 0.5) is 5.82 Å². The van der Waals surface area contributed by atoms with Gasteiger partial charge in [0.1, 0.15) is 5.60 Å². The second-order valence-electron chi connectivity index (χ2n) is 6.29. The van der Waals surface area contributed by atoms with Crippen molar-refractivity contribution >= 4 is 11.8 Å². The number of esters is 1. The molecule has 0 amide bonds. The number of imidazole rings is 1. The van der Waals surface area contributed by atoms with Gasteiger partial charge in [-0.25, -0.2) is 4.79 Å². The summed E-state index contributed by atoms with van der Waals surface area (Å²) in [5.74, 6) is 0.526. The van der Waals surface area contributed by atoms with Crippen LogP contribution in [0.1, 0.15) is 24.3 Å². The van der Waals surface area contributed by atoms with Crippen molar-refractivity contribution in [1.82, 2.24) is 9.55 Å². The molecular weight excluding hydrogens is 342 g/mol. The second kappa shape index (κ2) is 6.75. The Morgan fingerprint density at radius 1 is 1.31 bits per heavy atom. The average Bonchev–Trinajstić information content (AvgIpc) is 3.16. The highest BCUT2D eigenvalue weighted by molar-refractivity contribution is 5.94. The van der Waals surface area contributed by atoms with E-state index in [9.17, 15) is 4.79 Å². The van der Waals surface area contributed by atoms with E-state index >= 15 is 0 Å². The molecule has 0 radical (unpaired) electrons. The predicted molar refractivity (Wildman–Crippen MR) is 92.0 cm³/mol. The van der Waals surface area contributed by atoms with E-state index in [-0.39, 0.29) is 30.9 Å². The summed E-state index contributed by atoms with van der Waals surface area (Å²) in [4.78, 5) is 16.9. The van der Waals surface area contributed by atoms with E-state index in [4.69, 9.17) is 29.4 Å². The summed E-state index contributed by atoms with van der Waals surface area (Å²) in [7, 11) is 2.97. The number of anilines is 1. The fourth-order valence-corrected chi connectivity index (χ4v) is 2.69.